The van der Waals surface area contributed by atoms with Crippen LogP contribution in [0.15, 0.2) is 78.9 Å². The zero-order chi connectivity index (χ0) is 19.1. The summed E-state index contributed by atoms with van der Waals surface area (Å²) >= 11 is 5.97. The second kappa shape index (κ2) is 9.01. The number of carbonyl (C=O) groups is 2. The molecule has 1 amide bonds. The van der Waals surface area contributed by atoms with Gasteiger partial charge in [-0.25, -0.2) is 0 Å². The van der Waals surface area contributed by atoms with Crippen molar-refractivity contribution in [2.75, 3.05) is 11.9 Å². The largest absolute Gasteiger partial charge is 0.455 e. The van der Waals surface area contributed by atoms with E-state index in [4.69, 9.17) is 16.3 Å². The number of rotatable bonds is 6. The van der Waals surface area contributed by atoms with Gasteiger partial charge in [0.05, 0.1) is 17.1 Å². The lowest BCUT2D eigenvalue weighted by molar-refractivity contribution is -0.146. The van der Waals surface area contributed by atoms with Crippen molar-refractivity contribution < 1.29 is 14.3 Å². The maximum absolute atomic E-state index is 12.0. The molecule has 3 aromatic rings. The first-order chi connectivity index (χ1) is 13.1. The van der Waals surface area contributed by atoms with E-state index in [1.54, 1.807) is 24.3 Å². The average Bonchev–Trinajstić information content (AvgIpc) is 2.69. The van der Waals surface area contributed by atoms with E-state index < -0.39 is 11.9 Å². The van der Waals surface area contributed by atoms with E-state index in [1.165, 1.54) is 0 Å². The fraction of sp³-hybridized carbons (Fsp3) is 0.0909. The monoisotopic (exact) mass is 379 g/mol. The summed E-state index contributed by atoms with van der Waals surface area (Å²) in [5.41, 5.74) is 3.50. The van der Waals surface area contributed by atoms with Gasteiger partial charge in [-0.2, -0.15) is 0 Å². The Morgan fingerprint density at radius 2 is 1.44 bits per heavy atom. The molecule has 0 aromatic heterocycles. The summed E-state index contributed by atoms with van der Waals surface area (Å²) in [5.74, 6) is -0.896. The number of para-hydroxylation sites is 1. The van der Waals surface area contributed by atoms with Gasteiger partial charge in [-0.3, -0.25) is 9.59 Å². The third-order valence-corrected chi connectivity index (χ3v) is 4.25. The number of anilines is 1. The lowest BCUT2D eigenvalue weighted by Gasteiger charge is -2.08. The van der Waals surface area contributed by atoms with Gasteiger partial charge in [-0.05, 0) is 28.8 Å². The quantitative estimate of drug-likeness (QED) is 0.630. The molecule has 136 valence electrons. The highest BCUT2D eigenvalue weighted by Crippen LogP contribution is 2.21. The smallest absolute Gasteiger partial charge is 0.310 e. The van der Waals surface area contributed by atoms with Gasteiger partial charge in [0.2, 0.25) is 0 Å². The number of hydrogen-bond acceptors (Lipinski definition) is 3. The molecule has 1 N–H and O–H groups in total. The van der Waals surface area contributed by atoms with Crippen molar-refractivity contribution in [2.45, 2.75) is 6.42 Å². The molecule has 0 bridgehead atoms. The molecule has 27 heavy (non-hydrogen) atoms. The Labute approximate surface area is 162 Å². The van der Waals surface area contributed by atoms with Crippen LogP contribution >= 0.6 is 11.6 Å². The first-order valence-corrected chi connectivity index (χ1v) is 8.84. The highest BCUT2D eigenvalue weighted by Gasteiger charge is 2.10. The van der Waals surface area contributed by atoms with E-state index in [0.717, 1.165) is 16.7 Å². The summed E-state index contributed by atoms with van der Waals surface area (Å²) in [4.78, 5) is 23.8. The molecule has 0 heterocycles. The van der Waals surface area contributed by atoms with Crippen LogP contribution in [0.1, 0.15) is 5.56 Å². The molecule has 0 saturated carbocycles. The molecule has 0 aliphatic carbocycles. The zero-order valence-corrected chi connectivity index (χ0v) is 15.3. The summed E-state index contributed by atoms with van der Waals surface area (Å²) in [6.45, 7) is -0.355. The third kappa shape index (κ3) is 5.43. The van der Waals surface area contributed by atoms with Crippen molar-refractivity contribution >= 4 is 29.2 Å². The van der Waals surface area contributed by atoms with Crippen LogP contribution in [0.2, 0.25) is 5.02 Å². The van der Waals surface area contributed by atoms with Gasteiger partial charge in [-0.1, -0.05) is 78.3 Å². The summed E-state index contributed by atoms with van der Waals surface area (Å²) in [5, 5.41) is 3.03. The van der Waals surface area contributed by atoms with Crippen molar-refractivity contribution in [3.8, 4) is 11.1 Å². The second-order valence-corrected chi connectivity index (χ2v) is 6.34. The average molecular weight is 380 g/mol. The Kier molecular flexibility index (Phi) is 6.23. The van der Waals surface area contributed by atoms with Gasteiger partial charge in [0.1, 0.15) is 0 Å². The van der Waals surface area contributed by atoms with Crippen LogP contribution in [0.25, 0.3) is 11.1 Å². The first-order valence-electron chi connectivity index (χ1n) is 8.46. The normalized spacial score (nSPS) is 10.3. The van der Waals surface area contributed by atoms with Crippen LogP contribution < -0.4 is 5.32 Å². The summed E-state index contributed by atoms with van der Waals surface area (Å²) in [7, 11) is 0. The molecule has 3 aromatic carbocycles. The maximum Gasteiger partial charge on any atom is 0.310 e. The summed E-state index contributed by atoms with van der Waals surface area (Å²) in [6, 6.07) is 24.5. The molecule has 4 nitrogen and oxygen atoms in total. The molecule has 0 fully saturated rings. The Morgan fingerprint density at radius 1 is 0.815 bits per heavy atom. The van der Waals surface area contributed by atoms with E-state index in [0.29, 0.717) is 10.7 Å². The lowest BCUT2D eigenvalue weighted by atomic mass is 10.0. The van der Waals surface area contributed by atoms with Crippen molar-refractivity contribution in [1.29, 1.82) is 0 Å². The Morgan fingerprint density at radius 3 is 2.15 bits per heavy atom. The Balaban J connectivity index is 1.49. The molecule has 0 radical (unpaired) electrons. The number of carbonyl (C=O) groups excluding carboxylic acids is 2. The number of benzene rings is 3. The fourth-order valence-corrected chi connectivity index (χ4v) is 2.74. The van der Waals surface area contributed by atoms with Gasteiger partial charge in [0.15, 0.2) is 6.61 Å². The molecule has 0 unspecified atom stereocenters. The minimum atomic E-state index is -0.461. The van der Waals surface area contributed by atoms with Crippen LogP contribution in [-0.2, 0) is 20.7 Å². The number of amides is 1. The number of hydrogen-bond donors (Lipinski definition) is 1. The van der Waals surface area contributed by atoms with Gasteiger partial charge in [0.25, 0.3) is 5.91 Å². The number of halogens is 1. The summed E-state index contributed by atoms with van der Waals surface area (Å²) in [6.07, 6.45) is 0.106. The van der Waals surface area contributed by atoms with Crippen LogP contribution in [0.4, 0.5) is 5.69 Å². The standard InChI is InChI=1S/C22H18ClNO3/c23-19-8-4-5-9-20(19)24-21(25)15-27-22(26)14-16-10-12-18(13-11-16)17-6-2-1-3-7-17/h1-13H,14-15H2,(H,24,25). The topological polar surface area (TPSA) is 55.4 Å². The third-order valence-electron chi connectivity index (χ3n) is 3.92. The van der Waals surface area contributed by atoms with E-state index in [2.05, 4.69) is 5.32 Å². The zero-order valence-electron chi connectivity index (χ0n) is 14.5. The minimum Gasteiger partial charge on any atom is -0.455 e. The van der Waals surface area contributed by atoms with Crippen LogP contribution in [0.3, 0.4) is 0 Å². The molecule has 0 spiro atoms. The number of ether oxygens (including phenoxy) is 1. The second-order valence-electron chi connectivity index (χ2n) is 5.93. The highest BCUT2D eigenvalue weighted by molar-refractivity contribution is 6.33. The predicted octanol–water partition coefficient (Wildman–Crippen LogP) is 4.73. The molecule has 0 aliphatic heterocycles. The number of esters is 1. The van der Waals surface area contributed by atoms with Crippen molar-refractivity contribution in [2.24, 2.45) is 0 Å². The fourth-order valence-electron chi connectivity index (χ4n) is 2.56. The SMILES string of the molecule is O=C(COC(=O)Cc1ccc(-c2ccccc2)cc1)Nc1ccccc1Cl. The molecular weight excluding hydrogens is 362 g/mol. The number of nitrogens with one attached hydrogen (secondary N) is 1. The molecule has 3 rings (SSSR count). The molecule has 0 saturated heterocycles. The van der Waals surface area contributed by atoms with Crippen molar-refractivity contribution in [3.05, 3.63) is 89.4 Å². The van der Waals surface area contributed by atoms with Crippen LogP contribution in [0, 0.1) is 0 Å². The van der Waals surface area contributed by atoms with E-state index in [1.807, 2.05) is 54.6 Å². The molecular formula is C22H18ClNO3. The van der Waals surface area contributed by atoms with Crippen LogP contribution in [-0.4, -0.2) is 18.5 Å². The van der Waals surface area contributed by atoms with Gasteiger partial charge >= 0.3 is 5.97 Å². The van der Waals surface area contributed by atoms with E-state index >= 15 is 0 Å². The van der Waals surface area contributed by atoms with Gasteiger partial charge < -0.3 is 10.1 Å². The van der Waals surface area contributed by atoms with Gasteiger partial charge in [-0.15, -0.1) is 0 Å². The van der Waals surface area contributed by atoms with Gasteiger partial charge in [0, 0.05) is 0 Å². The Bertz CT molecular complexity index is 924. The van der Waals surface area contributed by atoms with E-state index in [-0.39, 0.29) is 13.0 Å². The van der Waals surface area contributed by atoms with Crippen LogP contribution in [0.5, 0.6) is 0 Å². The van der Waals surface area contributed by atoms with Crippen molar-refractivity contribution in [1.82, 2.24) is 0 Å². The predicted molar refractivity (Wildman–Crippen MR) is 107 cm³/mol. The van der Waals surface area contributed by atoms with Crippen molar-refractivity contribution in [3.63, 3.8) is 0 Å². The lowest BCUT2D eigenvalue weighted by Crippen LogP contribution is -2.21. The summed E-state index contributed by atoms with van der Waals surface area (Å²) < 4.78 is 5.04. The van der Waals surface area contributed by atoms with E-state index in [9.17, 15) is 9.59 Å². The molecule has 0 atom stereocenters. The Hall–Kier alpha value is -3.11. The molecule has 5 heteroatoms. The first kappa shape index (κ1) is 18.7. The highest BCUT2D eigenvalue weighted by atomic mass is 35.5. The molecule has 0 aliphatic rings. The minimum absolute atomic E-state index is 0.106. The maximum atomic E-state index is 12.0.